The van der Waals surface area contributed by atoms with Crippen LogP contribution in [0, 0.1) is 5.41 Å². The van der Waals surface area contributed by atoms with Crippen molar-refractivity contribution in [2.75, 3.05) is 26.2 Å². The summed E-state index contributed by atoms with van der Waals surface area (Å²) in [6.45, 7) is 13.1. The maximum absolute atomic E-state index is 13.6. The van der Waals surface area contributed by atoms with E-state index in [0.717, 1.165) is 18.4 Å². The second-order valence-corrected chi connectivity index (χ2v) is 15.5. The first kappa shape index (κ1) is 32.5. The molecule has 0 bridgehead atoms. The Hall–Kier alpha value is -3.41. The molecule has 3 aromatic rings. The number of carbonyl (C=O) groups is 2. The Labute approximate surface area is 274 Å². The van der Waals surface area contributed by atoms with Crippen LogP contribution in [-0.4, -0.2) is 84.1 Å². The molecule has 46 heavy (non-hydrogen) atoms. The number of halogens is 1. The van der Waals surface area contributed by atoms with E-state index < -0.39 is 22.9 Å². The first-order chi connectivity index (χ1) is 21.5. The van der Waals surface area contributed by atoms with E-state index in [2.05, 4.69) is 4.98 Å². The molecule has 248 valence electrons. The number of morpholine rings is 1. The molecule has 11 nitrogen and oxygen atoms in total. The van der Waals surface area contributed by atoms with E-state index in [1.54, 1.807) is 15.5 Å². The Morgan fingerprint density at radius 3 is 2.35 bits per heavy atom. The summed E-state index contributed by atoms with van der Waals surface area (Å²) in [6.07, 6.45) is 3.67. The molecule has 0 spiro atoms. The van der Waals surface area contributed by atoms with Crippen LogP contribution in [0.15, 0.2) is 41.5 Å². The van der Waals surface area contributed by atoms with Crippen molar-refractivity contribution in [1.29, 1.82) is 0 Å². The van der Waals surface area contributed by atoms with Crippen LogP contribution in [0.25, 0.3) is 16.7 Å². The lowest BCUT2D eigenvalue weighted by Crippen LogP contribution is -2.53. The van der Waals surface area contributed by atoms with Gasteiger partial charge < -0.3 is 19.5 Å². The minimum atomic E-state index is -1.12. The number of nitrogens with zero attached hydrogens (tertiary/aromatic N) is 5. The highest BCUT2D eigenvalue weighted by atomic mass is 35.5. The van der Waals surface area contributed by atoms with Gasteiger partial charge in [-0.25, -0.2) is 9.78 Å². The van der Waals surface area contributed by atoms with Gasteiger partial charge in [-0.2, -0.15) is 0 Å². The van der Waals surface area contributed by atoms with Crippen LogP contribution >= 0.6 is 11.6 Å². The number of rotatable bonds is 5. The van der Waals surface area contributed by atoms with E-state index in [0.29, 0.717) is 61.0 Å². The summed E-state index contributed by atoms with van der Waals surface area (Å²) >= 11 is 6.68. The van der Waals surface area contributed by atoms with Gasteiger partial charge in [0.05, 0.1) is 42.3 Å². The van der Waals surface area contributed by atoms with Crippen LogP contribution in [0.5, 0.6) is 0 Å². The lowest BCUT2D eigenvalue weighted by molar-refractivity contribution is -0.141. The molecule has 12 heteroatoms. The second kappa shape index (κ2) is 11.4. The topological polar surface area (TPSA) is 119 Å². The molecule has 1 aliphatic carbocycles. The van der Waals surface area contributed by atoms with Crippen LogP contribution in [0.3, 0.4) is 0 Å². The predicted molar refractivity (Wildman–Crippen MR) is 174 cm³/mol. The SMILES string of the molecule is CC(C)(C)OC(=O)N1CC(C)(C)OC[C@H]1c1ccc(-n2c(Cl)cc3c(=O)n(CC4(O)CCN(C(=O)C5(C)CC5)CC4)cnc32)cc1. The number of amides is 2. The van der Waals surface area contributed by atoms with Gasteiger partial charge in [0, 0.05) is 24.2 Å². The van der Waals surface area contributed by atoms with Gasteiger partial charge in [0.15, 0.2) is 5.65 Å². The van der Waals surface area contributed by atoms with Gasteiger partial charge in [-0.1, -0.05) is 30.7 Å². The number of fused-ring (bicyclic) bond motifs is 1. The largest absolute Gasteiger partial charge is 0.444 e. The number of benzene rings is 1. The van der Waals surface area contributed by atoms with Gasteiger partial charge in [-0.3, -0.25) is 23.6 Å². The Morgan fingerprint density at radius 1 is 1.09 bits per heavy atom. The summed E-state index contributed by atoms with van der Waals surface area (Å²) in [5.74, 6) is 0.162. The van der Waals surface area contributed by atoms with Crippen molar-refractivity contribution in [1.82, 2.24) is 23.9 Å². The van der Waals surface area contributed by atoms with E-state index in [1.807, 2.05) is 70.7 Å². The predicted octanol–water partition coefficient (Wildman–Crippen LogP) is 5.08. The Balaban J connectivity index is 1.21. The number of hydrogen-bond donors (Lipinski definition) is 1. The van der Waals surface area contributed by atoms with Crippen molar-refractivity contribution in [3.05, 3.63) is 57.7 Å². The number of aliphatic hydroxyl groups is 1. The molecule has 0 radical (unpaired) electrons. The fourth-order valence-electron chi connectivity index (χ4n) is 6.42. The number of aromatic nitrogens is 3. The zero-order valence-electron chi connectivity index (χ0n) is 27.5. The van der Waals surface area contributed by atoms with Gasteiger partial charge in [-0.15, -0.1) is 0 Å². The minimum Gasteiger partial charge on any atom is -0.444 e. The van der Waals surface area contributed by atoms with E-state index in [9.17, 15) is 19.5 Å². The molecule has 2 amide bonds. The first-order valence-electron chi connectivity index (χ1n) is 16.0. The molecule has 2 saturated heterocycles. The molecule has 4 heterocycles. The highest BCUT2D eigenvalue weighted by Gasteiger charge is 2.48. The molecule has 1 atom stereocenters. The van der Waals surface area contributed by atoms with Crippen LogP contribution < -0.4 is 5.56 Å². The average Bonchev–Trinajstić information content (AvgIpc) is 3.64. The number of ether oxygens (including phenoxy) is 2. The number of carbonyl (C=O) groups excluding carboxylic acids is 2. The van der Waals surface area contributed by atoms with Gasteiger partial charge in [0.2, 0.25) is 5.91 Å². The lowest BCUT2D eigenvalue weighted by atomic mass is 9.90. The molecule has 1 N–H and O–H groups in total. The molecule has 2 aliphatic heterocycles. The first-order valence-corrected chi connectivity index (χ1v) is 16.4. The van der Waals surface area contributed by atoms with E-state index >= 15 is 0 Å². The second-order valence-electron chi connectivity index (χ2n) is 15.1. The monoisotopic (exact) mass is 653 g/mol. The Kier molecular flexibility index (Phi) is 8.05. The molecule has 1 saturated carbocycles. The van der Waals surface area contributed by atoms with Crippen molar-refractivity contribution in [3.8, 4) is 5.69 Å². The Bertz CT molecular complexity index is 1710. The molecule has 1 aromatic carbocycles. The summed E-state index contributed by atoms with van der Waals surface area (Å²) in [7, 11) is 0. The maximum Gasteiger partial charge on any atom is 0.410 e. The summed E-state index contributed by atoms with van der Waals surface area (Å²) in [4.78, 5) is 47.6. The fourth-order valence-corrected chi connectivity index (χ4v) is 6.71. The van der Waals surface area contributed by atoms with Crippen molar-refractivity contribution < 1.29 is 24.2 Å². The maximum atomic E-state index is 13.6. The average molecular weight is 654 g/mol. The number of likely N-dealkylation sites (tertiary alicyclic amines) is 1. The van der Waals surface area contributed by atoms with Crippen LogP contribution in [-0.2, 0) is 20.8 Å². The molecular weight excluding hydrogens is 610 g/mol. The van der Waals surface area contributed by atoms with E-state index in [1.165, 1.54) is 10.9 Å². The normalized spacial score (nSPS) is 22.1. The summed E-state index contributed by atoms with van der Waals surface area (Å²) in [6, 6.07) is 8.84. The molecule has 2 aromatic heterocycles. The third-order valence-corrected chi connectivity index (χ3v) is 9.70. The highest BCUT2D eigenvalue weighted by molar-refractivity contribution is 6.31. The number of piperidine rings is 1. The molecule has 3 fully saturated rings. The Morgan fingerprint density at radius 2 is 1.74 bits per heavy atom. The van der Waals surface area contributed by atoms with Crippen molar-refractivity contribution >= 4 is 34.6 Å². The molecule has 6 rings (SSSR count). The summed E-state index contributed by atoms with van der Waals surface area (Å²) in [5.41, 5.74) is -0.810. The van der Waals surface area contributed by atoms with Gasteiger partial charge in [0.25, 0.3) is 5.56 Å². The van der Waals surface area contributed by atoms with Crippen molar-refractivity contribution in [2.24, 2.45) is 5.41 Å². The van der Waals surface area contributed by atoms with Crippen LogP contribution in [0.1, 0.15) is 78.8 Å². The minimum absolute atomic E-state index is 0.0833. The van der Waals surface area contributed by atoms with Gasteiger partial charge in [-0.05, 0) is 84.1 Å². The van der Waals surface area contributed by atoms with Crippen molar-refractivity contribution in [2.45, 2.75) is 96.6 Å². The molecule has 0 unspecified atom stereocenters. The van der Waals surface area contributed by atoms with Gasteiger partial charge in [0.1, 0.15) is 17.1 Å². The highest BCUT2D eigenvalue weighted by Crippen LogP contribution is 2.47. The standard InChI is InChI=1S/C34H44ClN5O6/c1-31(2,3)46-30(43)39-19-32(4,5)45-18-25(39)22-7-9-23(10-8-22)40-26(35)17-24-27(40)36-21-38(28(24)41)20-34(44)13-15-37(16-14-34)29(42)33(6)11-12-33/h7-10,17,21,25,44H,11-16,18-20H2,1-6H3/t25-/m0/s1. The summed E-state index contributed by atoms with van der Waals surface area (Å²) < 4.78 is 14.9. The van der Waals surface area contributed by atoms with E-state index in [4.69, 9.17) is 21.1 Å². The number of hydrogen-bond acceptors (Lipinski definition) is 7. The van der Waals surface area contributed by atoms with Crippen LogP contribution in [0.2, 0.25) is 5.15 Å². The lowest BCUT2D eigenvalue weighted by Gasteiger charge is -2.44. The quantitative estimate of drug-likeness (QED) is 0.408. The molecular formula is C34H44ClN5O6. The third-order valence-electron chi connectivity index (χ3n) is 9.43. The zero-order chi connectivity index (χ0) is 33.2. The van der Waals surface area contributed by atoms with E-state index in [-0.39, 0.29) is 29.5 Å². The van der Waals surface area contributed by atoms with Crippen molar-refractivity contribution in [3.63, 3.8) is 0 Å². The third kappa shape index (κ3) is 6.41. The smallest absolute Gasteiger partial charge is 0.410 e. The zero-order valence-corrected chi connectivity index (χ0v) is 28.3. The van der Waals surface area contributed by atoms with Crippen LogP contribution in [0.4, 0.5) is 4.79 Å². The van der Waals surface area contributed by atoms with Gasteiger partial charge >= 0.3 is 6.09 Å². The molecule has 3 aliphatic rings. The summed E-state index contributed by atoms with van der Waals surface area (Å²) in [5, 5.41) is 12.0. The fraction of sp³-hybridized carbons (Fsp3) is 0.588.